The summed E-state index contributed by atoms with van der Waals surface area (Å²) in [6, 6.07) is 15.0. The molecule has 36 heavy (non-hydrogen) atoms. The van der Waals surface area contributed by atoms with Gasteiger partial charge >= 0.3 is 5.97 Å². The van der Waals surface area contributed by atoms with Crippen molar-refractivity contribution in [1.29, 1.82) is 5.41 Å². The van der Waals surface area contributed by atoms with E-state index >= 15 is 0 Å². The van der Waals surface area contributed by atoms with E-state index in [0.29, 0.717) is 55.3 Å². The summed E-state index contributed by atoms with van der Waals surface area (Å²) in [7, 11) is 0. The van der Waals surface area contributed by atoms with Gasteiger partial charge in [-0.2, -0.15) is 0 Å². The lowest BCUT2D eigenvalue weighted by Gasteiger charge is -2.32. The molecular weight excluding hydrogens is 476 g/mol. The first-order valence-corrected chi connectivity index (χ1v) is 13.9. The predicted molar refractivity (Wildman–Crippen MR) is 141 cm³/mol. The van der Waals surface area contributed by atoms with Crippen molar-refractivity contribution in [2.45, 2.75) is 19.3 Å². The van der Waals surface area contributed by atoms with Gasteiger partial charge in [-0.05, 0) is 42.0 Å². The van der Waals surface area contributed by atoms with Crippen molar-refractivity contribution in [2.24, 2.45) is 11.7 Å². The fourth-order valence-electron chi connectivity index (χ4n) is 4.65. The van der Waals surface area contributed by atoms with Crippen molar-refractivity contribution in [2.75, 3.05) is 50.8 Å². The molecule has 4 rings (SSSR count). The Kier molecular flexibility index (Phi) is 9.01. The van der Waals surface area contributed by atoms with Crippen LogP contribution in [0.4, 0.5) is 0 Å². The molecule has 3 N–H and O–H groups in total. The van der Waals surface area contributed by atoms with Crippen molar-refractivity contribution in [3.8, 4) is 11.1 Å². The van der Waals surface area contributed by atoms with Crippen LogP contribution in [0, 0.1) is 11.3 Å². The second-order valence-electron chi connectivity index (χ2n) is 9.42. The van der Waals surface area contributed by atoms with Gasteiger partial charge in [-0.25, -0.2) is 0 Å². The van der Waals surface area contributed by atoms with E-state index in [1.807, 2.05) is 53.4 Å². The Morgan fingerprint density at radius 1 is 0.944 bits per heavy atom. The average Bonchev–Trinajstić information content (AvgIpc) is 2.90. The van der Waals surface area contributed by atoms with Gasteiger partial charge in [-0.15, -0.1) is 0 Å². The number of ether oxygens (including phenoxy) is 1. The van der Waals surface area contributed by atoms with Gasteiger partial charge in [0.1, 0.15) is 23.9 Å². The third-order valence-electron chi connectivity index (χ3n) is 6.96. The number of likely N-dealkylation sites (tertiary alicyclic amines) is 1. The zero-order chi connectivity index (χ0) is 25.5. The van der Waals surface area contributed by atoms with Gasteiger partial charge in [0.15, 0.2) is 0 Å². The molecule has 2 aromatic rings. The molecule has 0 bridgehead atoms. The number of esters is 1. The lowest BCUT2D eigenvalue weighted by atomic mass is 9.93. The van der Waals surface area contributed by atoms with Gasteiger partial charge in [-0.3, -0.25) is 19.9 Å². The molecule has 1 amide bonds. The Labute approximate surface area is 215 Å². The van der Waals surface area contributed by atoms with E-state index in [2.05, 4.69) is 4.90 Å². The Morgan fingerprint density at radius 2 is 1.50 bits per heavy atom. The van der Waals surface area contributed by atoms with E-state index < -0.39 is 11.2 Å². The first-order valence-electron chi connectivity index (χ1n) is 12.5. The number of hydrogen-bond acceptors (Lipinski definition) is 6. The van der Waals surface area contributed by atoms with E-state index in [1.54, 1.807) is 0 Å². The summed E-state index contributed by atoms with van der Waals surface area (Å²) in [5.41, 5.74) is 8.84. The smallest absolute Gasteiger partial charge is 0.306 e. The van der Waals surface area contributed by atoms with Crippen molar-refractivity contribution < 1.29 is 18.9 Å². The molecule has 8 nitrogen and oxygen atoms in total. The Morgan fingerprint density at radius 3 is 2.06 bits per heavy atom. The number of nitrogens with one attached hydrogen (secondary N) is 1. The first kappa shape index (κ1) is 26.2. The highest BCUT2D eigenvalue weighted by Crippen LogP contribution is 2.24. The van der Waals surface area contributed by atoms with Gasteiger partial charge in [0.2, 0.25) is 0 Å². The van der Waals surface area contributed by atoms with Crippen LogP contribution < -0.4 is 5.73 Å². The third kappa shape index (κ3) is 7.09. The zero-order valence-corrected chi connectivity index (χ0v) is 21.3. The number of carbonyl (C=O) groups excluding carboxylic acids is 2. The van der Waals surface area contributed by atoms with Gasteiger partial charge in [-0.1, -0.05) is 47.6 Å². The number of amides is 1. The molecule has 0 aromatic heterocycles. The summed E-state index contributed by atoms with van der Waals surface area (Å²) in [5, 5.41) is 7.50. The molecule has 2 aliphatic heterocycles. The quantitative estimate of drug-likeness (QED) is 0.243. The monoisotopic (exact) mass is 510 g/mol. The highest BCUT2D eigenvalue weighted by atomic mass is 32.2. The van der Waals surface area contributed by atoms with Crippen LogP contribution in [0.1, 0.15) is 35.2 Å². The summed E-state index contributed by atoms with van der Waals surface area (Å²) < 4.78 is 16.8. The maximum Gasteiger partial charge on any atom is 0.306 e. The molecule has 0 saturated carbocycles. The van der Waals surface area contributed by atoms with Crippen LogP contribution in [0.25, 0.3) is 11.1 Å². The van der Waals surface area contributed by atoms with Gasteiger partial charge < -0.3 is 19.9 Å². The fraction of sp³-hybridized carbons (Fsp3) is 0.444. The minimum absolute atomic E-state index is 0.0111. The topological polar surface area (TPSA) is 123 Å². The SMILES string of the molecule is N=C(N)c1ccc(-c2ccc(C(=O)N3CCC(CC(=O)OCCN4CC[S+]([O-])CC4)CC3)cc2)cc1. The number of carbonyl (C=O) groups is 2. The van der Waals surface area contributed by atoms with Crippen LogP contribution in [0.5, 0.6) is 0 Å². The predicted octanol–water partition coefficient (Wildman–Crippen LogP) is 2.49. The highest BCUT2D eigenvalue weighted by molar-refractivity contribution is 7.91. The number of amidine groups is 1. The number of nitrogens with zero attached hydrogens (tertiary/aromatic N) is 2. The molecule has 0 unspecified atom stereocenters. The molecule has 0 aliphatic carbocycles. The van der Waals surface area contributed by atoms with E-state index in [0.717, 1.165) is 37.1 Å². The zero-order valence-electron chi connectivity index (χ0n) is 20.5. The fourth-order valence-corrected chi connectivity index (χ4v) is 5.78. The second kappa shape index (κ2) is 12.4. The summed E-state index contributed by atoms with van der Waals surface area (Å²) in [6.07, 6.45) is 1.97. The van der Waals surface area contributed by atoms with Crippen LogP contribution in [-0.4, -0.2) is 82.9 Å². The molecule has 2 heterocycles. The standard InChI is InChI=1S/C27H34N4O4S/c28-26(29)23-5-1-21(2-6-23)22-3-7-24(8-4-22)27(33)31-11-9-20(10-12-31)19-25(32)35-16-13-30-14-17-36(34)18-15-30/h1-8,20H,9-19H2,(H3,28,29). The minimum atomic E-state index is -0.697. The molecule has 2 aromatic carbocycles. The summed E-state index contributed by atoms with van der Waals surface area (Å²) >= 11 is -0.697. The average molecular weight is 511 g/mol. The number of nitrogen functional groups attached to an aromatic ring is 1. The molecule has 0 atom stereocenters. The molecule has 0 radical (unpaired) electrons. The number of benzene rings is 2. The highest BCUT2D eigenvalue weighted by Gasteiger charge is 2.26. The molecule has 2 aliphatic rings. The number of nitrogens with two attached hydrogens (primary N) is 1. The van der Waals surface area contributed by atoms with E-state index in [9.17, 15) is 14.1 Å². The molecule has 9 heteroatoms. The van der Waals surface area contributed by atoms with E-state index in [4.69, 9.17) is 15.9 Å². The van der Waals surface area contributed by atoms with Gasteiger partial charge in [0, 0.05) is 50.3 Å². The van der Waals surface area contributed by atoms with Crippen LogP contribution in [0.3, 0.4) is 0 Å². The molecule has 0 spiro atoms. The van der Waals surface area contributed by atoms with Crippen LogP contribution in [0.15, 0.2) is 48.5 Å². The maximum absolute atomic E-state index is 13.0. The Bertz CT molecular complexity index is 1040. The molecular formula is C27H34N4O4S. The van der Waals surface area contributed by atoms with Crippen LogP contribution in [0.2, 0.25) is 0 Å². The molecule has 2 fully saturated rings. The Hall–Kier alpha value is -2.88. The van der Waals surface area contributed by atoms with Crippen molar-refractivity contribution >= 4 is 28.9 Å². The number of rotatable bonds is 8. The lowest BCUT2D eigenvalue weighted by Crippen LogP contribution is -2.42. The van der Waals surface area contributed by atoms with E-state index in [-0.39, 0.29) is 23.6 Å². The van der Waals surface area contributed by atoms with Crippen molar-refractivity contribution in [3.05, 3.63) is 59.7 Å². The molecule has 2 saturated heterocycles. The third-order valence-corrected chi connectivity index (χ3v) is 8.23. The number of hydrogen-bond donors (Lipinski definition) is 2. The Balaban J connectivity index is 1.19. The lowest BCUT2D eigenvalue weighted by molar-refractivity contribution is -0.145. The van der Waals surface area contributed by atoms with Crippen molar-refractivity contribution in [1.82, 2.24) is 9.80 Å². The maximum atomic E-state index is 13.0. The van der Waals surface area contributed by atoms with E-state index in [1.165, 1.54) is 0 Å². The summed E-state index contributed by atoms with van der Waals surface area (Å²) in [5.74, 6) is 1.51. The summed E-state index contributed by atoms with van der Waals surface area (Å²) in [6.45, 7) is 3.94. The largest absolute Gasteiger partial charge is 0.616 e. The van der Waals surface area contributed by atoms with Gasteiger partial charge in [0.25, 0.3) is 5.91 Å². The summed E-state index contributed by atoms with van der Waals surface area (Å²) in [4.78, 5) is 29.3. The van der Waals surface area contributed by atoms with Crippen LogP contribution >= 0.6 is 0 Å². The first-order chi connectivity index (χ1) is 17.4. The normalized spacial score (nSPS) is 17.6. The second-order valence-corrected chi connectivity index (χ2v) is 11.1. The number of piperidine rings is 1. The molecule has 192 valence electrons. The van der Waals surface area contributed by atoms with Gasteiger partial charge in [0.05, 0.1) is 0 Å². The van der Waals surface area contributed by atoms with Crippen LogP contribution in [-0.2, 0) is 20.7 Å². The van der Waals surface area contributed by atoms with Crippen molar-refractivity contribution in [3.63, 3.8) is 0 Å². The minimum Gasteiger partial charge on any atom is -0.616 e.